The predicted octanol–water partition coefficient (Wildman–Crippen LogP) is 4.04. The molecule has 1 aliphatic rings. The summed E-state index contributed by atoms with van der Waals surface area (Å²) in [7, 11) is 0. The van der Waals surface area contributed by atoms with Gasteiger partial charge < -0.3 is 0 Å². The molecule has 1 unspecified atom stereocenters. The summed E-state index contributed by atoms with van der Waals surface area (Å²) in [5, 5.41) is 0.585. The molecular weight excluding hydrogens is 303 g/mol. The van der Waals surface area contributed by atoms with Crippen LogP contribution in [-0.4, -0.2) is 11.6 Å². The van der Waals surface area contributed by atoms with Gasteiger partial charge >= 0.3 is 0 Å². The molecule has 17 heavy (non-hydrogen) atoms. The van der Waals surface area contributed by atoms with Gasteiger partial charge in [-0.2, -0.15) is 0 Å². The van der Waals surface area contributed by atoms with E-state index in [4.69, 9.17) is 11.6 Å². The van der Waals surface area contributed by atoms with Crippen LogP contribution in [0.25, 0.3) is 0 Å². The fourth-order valence-corrected chi connectivity index (χ4v) is 2.63. The van der Waals surface area contributed by atoms with Gasteiger partial charge in [-0.15, -0.1) is 0 Å². The van der Waals surface area contributed by atoms with E-state index in [0.29, 0.717) is 27.9 Å². The lowest BCUT2D eigenvalue weighted by molar-refractivity contribution is -0.121. The van der Waals surface area contributed by atoms with Crippen LogP contribution in [0.1, 0.15) is 36.0 Å². The van der Waals surface area contributed by atoms with E-state index in [9.17, 15) is 9.59 Å². The van der Waals surface area contributed by atoms with Crippen LogP contribution in [0.3, 0.4) is 0 Å². The Kier molecular flexibility index (Phi) is 4.00. The average molecular weight is 316 g/mol. The van der Waals surface area contributed by atoms with Gasteiger partial charge in [-0.1, -0.05) is 11.6 Å². The third-order valence-corrected chi connectivity index (χ3v) is 4.27. The maximum absolute atomic E-state index is 12.2. The molecule has 0 aliphatic heterocycles. The number of carbonyl (C=O) groups is 2. The predicted molar refractivity (Wildman–Crippen MR) is 70.4 cm³/mol. The fraction of sp³-hybridized carbons (Fsp3) is 0.385. The lowest BCUT2D eigenvalue weighted by Gasteiger charge is -2.19. The van der Waals surface area contributed by atoms with E-state index in [1.54, 1.807) is 18.2 Å². The number of benzene rings is 1. The van der Waals surface area contributed by atoms with Crippen molar-refractivity contribution in [3.8, 4) is 0 Å². The standard InChI is InChI=1S/C13H12BrClO2/c14-11-7-9(4-5-12(11)15)13(17)8-2-1-3-10(16)6-8/h4-5,7-8H,1-3,6H2. The molecule has 1 atom stereocenters. The van der Waals surface area contributed by atoms with Crippen molar-refractivity contribution in [1.29, 1.82) is 0 Å². The Morgan fingerprint density at radius 3 is 2.82 bits per heavy atom. The highest BCUT2D eigenvalue weighted by atomic mass is 79.9. The van der Waals surface area contributed by atoms with Gasteiger partial charge in [-0.25, -0.2) is 0 Å². The molecule has 90 valence electrons. The van der Waals surface area contributed by atoms with E-state index >= 15 is 0 Å². The highest BCUT2D eigenvalue weighted by Gasteiger charge is 2.26. The summed E-state index contributed by atoms with van der Waals surface area (Å²) in [6.45, 7) is 0. The van der Waals surface area contributed by atoms with Crippen LogP contribution in [0.2, 0.25) is 5.02 Å². The van der Waals surface area contributed by atoms with E-state index < -0.39 is 0 Å². The molecule has 0 heterocycles. The highest BCUT2D eigenvalue weighted by molar-refractivity contribution is 9.10. The van der Waals surface area contributed by atoms with Crippen LogP contribution in [0, 0.1) is 5.92 Å². The largest absolute Gasteiger partial charge is 0.300 e. The highest BCUT2D eigenvalue weighted by Crippen LogP contribution is 2.28. The van der Waals surface area contributed by atoms with Gasteiger partial charge in [0.25, 0.3) is 0 Å². The minimum absolute atomic E-state index is 0.0513. The summed E-state index contributed by atoms with van der Waals surface area (Å²) in [4.78, 5) is 23.5. The van der Waals surface area contributed by atoms with Crippen molar-refractivity contribution in [1.82, 2.24) is 0 Å². The molecule has 2 rings (SSSR count). The van der Waals surface area contributed by atoms with Crippen molar-refractivity contribution in [2.24, 2.45) is 5.92 Å². The second kappa shape index (κ2) is 5.32. The number of carbonyl (C=O) groups excluding carboxylic acids is 2. The van der Waals surface area contributed by atoms with Gasteiger partial charge in [0.05, 0.1) is 5.02 Å². The summed E-state index contributed by atoms with van der Waals surface area (Å²) >= 11 is 9.18. The van der Waals surface area contributed by atoms with Crippen molar-refractivity contribution in [3.63, 3.8) is 0 Å². The molecule has 1 saturated carbocycles. The number of hydrogen-bond acceptors (Lipinski definition) is 2. The Balaban J connectivity index is 2.18. The summed E-state index contributed by atoms with van der Waals surface area (Å²) in [6, 6.07) is 5.14. The number of rotatable bonds is 2. The molecule has 4 heteroatoms. The van der Waals surface area contributed by atoms with Gasteiger partial charge in [0, 0.05) is 28.8 Å². The van der Waals surface area contributed by atoms with E-state index in [-0.39, 0.29) is 17.5 Å². The van der Waals surface area contributed by atoms with Gasteiger partial charge in [0.2, 0.25) is 0 Å². The third kappa shape index (κ3) is 2.96. The normalized spacial score (nSPS) is 20.4. The molecule has 0 bridgehead atoms. The molecule has 1 fully saturated rings. The van der Waals surface area contributed by atoms with E-state index in [0.717, 1.165) is 12.8 Å². The van der Waals surface area contributed by atoms with Gasteiger partial charge in [0.15, 0.2) is 5.78 Å². The van der Waals surface area contributed by atoms with Gasteiger partial charge in [-0.3, -0.25) is 9.59 Å². The second-order valence-electron chi connectivity index (χ2n) is 4.33. The first-order valence-corrected chi connectivity index (χ1v) is 6.76. The maximum atomic E-state index is 12.2. The SMILES string of the molecule is O=C1CCCC(C(=O)c2ccc(Cl)c(Br)c2)C1. The molecule has 2 nitrogen and oxygen atoms in total. The Hall–Kier alpha value is -0.670. The van der Waals surface area contributed by atoms with Crippen LogP contribution < -0.4 is 0 Å². The quantitative estimate of drug-likeness (QED) is 0.772. The molecule has 0 saturated heterocycles. The van der Waals surface area contributed by atoms with Gasteiger partial charge in [0.1, 0.15) is 5.78 Å². The second-order valence-corrected chi connectivity index (χ2v) is 5.59. The number of hydrogen-bond donors (Lipinski definition) is 0. The number of halogens is 2. The molecule has 0 radical (unpaired) electrons. The molecule has 0 N–H and O–H groups in total. The van der Waals surface area contributed by atoms with Crippen molar-refractivity contribution in [3.05, 3.63) is 33.3 Å². The van der Waals surface area contributed by atoms with Crippen LogP contribution >= 0.6 is 27.5 Å². The molecule has 1 aromatic rings. The lowest BCUT2D eigenvalue weighted by atomic mass is 9.83. The Morgan fingerprint density at radius 1 is 1.41 bits per heavy atom. The van der Waals surface area contributed by atoms with Crippen molar-refractivity contribution < 1.29 is 9.59 Å². The zero-order valence-electron chi connectivity index (χ0n) is 9.21. The maximum Gasteiger partial charge on any atom is 0.166 e. The van der Waals surface area contributed by atoms with Crippen molar-refractivity contribution in [2.45, 2.75) is 25.7 Å². The molecule has 0 spiro atoms. The summed E-state index contributed by atoms with van der Waals surface area (Å²) < 4.78 is 0.715. The zero-order valence-corrected chi connectivity index (χ0v) is 11.6. The first-order chi connectivity index (χ1) is 8.08. The average Bonchev–Trinajstić information content (AvgIpc) is 2.32. The van der Waals surface area contributed by atoms with Crippen molar-refractivity contribution in [2.75, 3.05) is 0 Å². The molecule has 0 amide bonds. The van der Waals surface area contributed by atoms with Crippen LogP contribution in [-0.2, 0) is 4.79 Å². The number of ketones is 2. The topological polar surface area (TPSA) is 34.1 Å². The minimum Gasteiger partial charge on any atom is -0.300 e. The first kappa shape index (κ1) is 12.8. The Morgan fingerprint density at radius 2 is 2.18 bits per heavy atom. The fourth-order valence-electron chi connectivity index (χ4n) is 2.13. The Labute approximate surface area is 113 Å². The summed E-state index contributed by atoms with van der Waals surface area (Å²) in [6.07, 6.45) is 2.64. The summed E-state index contributed by atoms with van der Waals surface area (Å²) in [5.74, 6) is 0.0994. The van der Waals surface area contributed by atoms with Crippen molar-refractivity contribution >= 4 is 39.1 Å². The molecule has 1 aliphatic carbocycles. The smallest absolute Gasteiger partial charge is 0.166 e. The lowest BCUT2D eigenvalue weighted by Crippen LogP contribution is -2.22. The van der Waals surface area contributed by atoms with E-state index in [1.807, 2.05) is 0 Å². The van der Waals surface area contributed by atoms with Crippen LogP contribution in [0.4, 0.5) is 0 Å². The van der Waals surface area contributed by atoms with E-state index in [2.05, 4.69) is 15.9 Å². The third-order valence-electron chi connectivity index (χ3n) is 3.06. The van der Waals surface area contributed by atoms with Crippen LogP contribution in [0.15, 0.2) is 22.7 Å². The minimum atomic E-state index is -0.149. The Bertz CT molecular complexity index is 470. The molecule has 1 aromatic carbocycles. The first-order valence-electron chi connectivity index (χ1n) is 5.59. The van der Waals surface area contributed by atoms with Gasteiger partial charge in [-0.05, 0) is 47.0 Å². The molecule has 0 aromatic heterocycles. The van der Waals surface area contributed by atoms with E-state index in [1.165, 1.54) is 0 Å². The zero-order chi connectivity index (χ0) is 12.4. The monoisotopic (exact) mass is 314 g/mol. The van der Waals surface area contributed by atoms with Crippen LogP contribution in [0.5, 0.6) is 0 Å². The summed E-state index contributed by atoms with van der Waals surface area (Å²) in [5.41, 5.74) is 0.626. The number of Topliss-reactive ketones (excluding diaryl/α,β-unsaturated/α-hetero) is 2. The molecular formula is C13H12BrClO2.